The minimum Gasteiger partial charge on any atom is -0.456 e. The summed E-state index contributed by atoms with van der Waals surface area (Å²) in [5.41, 5.74) is 19.6. The lowest BCUT2D eigenvalue weighted by Crippen LogP contribution is -2.15. The first-order chi connectivity index (χ1) is 29.1. The van der Waals surface area contributed by atoms with Crippen LogP contribution in [-0.2, 0) is 5.41 Å². The Labute approximate surface area is 345 Å². The van der Waals surface area contributed by atoms with E-state index in [-0.39, 0.29) is 5.41 Å². The smallest absolute Gasteiger partial charge is 0.135 e. The number of fused-ring (bicyclic) bond motifs is 6. The second-order valence-corrected chi connectivity index (χ2v) is 16.0. The molecule has 0 saturated carbocycles. The average Bonchev–Trinajstić information content (AvgIpc) is 3.78. The fraction of sp³-hybridized carbons (Fsp3) is 0.0526. The van der Waals surface area contributed by atoms with Gasteiger partial charge in [0, 0.05) is 33.0 Å². The van der Waals surface area contributed by atoms with Crippen LogP contribution in [0, 0.1) is 0 Å². The number of para-hydroxylation sites is 2. The second kappa shape index (κ2) is 13.9. The molecular weight excluding hydrogens is 715 g/mol. The normalized spacial score (nSPS) is 12.7. The van der Waals surface area contributed by atoms with E-state index < -0.39 is 0 Å². The predicted molar refractivity (Wildman–Crippen MR) is 248 cm³/mol. The summed E-state index contributed by atoms with van der Waals surface area (Å²) in [5.74, 6) is 0. The molecule has 1 aliphatic carbocycles. The summed E-state index contributed by atoms with van der Waals surface area (Å²) in [4.78, 5) is 2.49. The van der Waals surface area contributed by atoms with Crippen molar-refractivity contribution >= 4 is 39.0 Å². The summed E-state index contributed by atoms with van der Waals surface area (Å²) in [5, 5.41) is 2.19. The molecule has 0 N–H and O–H groups in total. The number of hydrogen-bond acceptors (Lipinski definition) is 2. The Bertz CT molecular complexity index is 3190. The molecule has 0 spiro atoms. The van der Waals surface area contributed by atoms with Crippen LogP contribution in [0.5, 0.6) is 0 Å². The molecule has 11 rings (SSSR count). The van der Waals surface area contributed by atoms with Crippen molar-refractivity contribution in [2.75, 3.05) is 4.90 Å². The van der Waals surface area contributed by atoms with Crippen molar-refractivity contribution in [1.82, 2.24) is 0 Å². The Morgan fingerprint density at radius 3 is 1.69 bits per heavy atom. The summed E-state index contributed by atoms with van der Waals surface area (Å²) in [6.45, 7) is 4.71. The van der Waals surface area contributed by atoms with Gasteiger partial charge in [-0.3, -0.25) is 0 Å². The first kappa shape index (κ1) is 34.8. The van der Waals surface area contributed by atoms with Gasteiger partial charge in [0.15, 0.2) is 0 Å². The Balaban J connectivity index is 1.25. The van der Waals surface area contributed by atoms with Crippen molar-refractivity contribution < 1.29 is 4.42 Å². The Morgan fingerprint density at radius 1 is 0.356 bits per heavy atom. The van der Waals surface area contributed by atoms with Crippen LogP contribution in [0.25, 0.3) is 77.6 Å². The summed E-state index contributed by atoms with van der Waals surface area (Å²) in [6, 6.07) is 77.0. The number of nitrogens with zero attached hydrogens (tertiary/aromatic N) is 1. The highest BCUT2D eigenvalue weighted by molar-refractivity contribution is 6.09. The molecule has 1 aliphatic rings. The van der Waals surface area contributed by atoms with Crippen LogP contribution in [-0.4, -0.2) is 0 Å². The van der Waals surface area contributed by atoms with Gasteiger partial charge >= 0.3 is 0 Å². The van der Waals surface area contributed by atoms with Gasteiger partial charge < -0.3 is 9.32 Å². The molecule has 59 heavy (non-hydrogen) atoms. The molecule has 0 bridgehead atoms. The minimum atomic E-state index is -0.123. The van der Waals surface area contributed by atoms with Gasteiger partial charge in [0.25, 0.3) is 0 Å². The van der Waals surface area contributed by atoms with E-state index in [2.05, 4.69) is 225 Å². The Morgan fingerprint density at radius 2 is 0.898 bits per heavy atom. The largest absolute Gasteiger partial charge is 0.456 e. The zero-order valence-corrected chi connectivity index (χ0v) is 33.1. The molecule has 280 valence electrons. The molecule has 0 saturated heterocycles. The molecule has 0 fully saturated rings. The molecule has 9 aromatic carbocycles. The van der Waals surface area contributed by atoms with Crippen molar-refractivity contribution in [1.29, 1.82) is 0 Å². The number of rotatable bonds is 7. The van der Waals surface area contributed by atoms with Gasteiger partial charge in [-0.15, -0.1) is 0 Å². The van der Waals surface area contributed by atoms with Crippen LogP contribution in [0.15, 0.2) is 217 Å². The molecule has 1 heterocycles. The van der Waals surface area contributed by atoms with E-state index in [0.717, 1.165) is 50.1 Å². The summed E-state index contributed by atoms with van der Waals surface area (Å²) < 4.78 is 6.41. The van der Waals surface area contributed by atoms with Gasteiger partial charge in [0.2, 0.25) is 0 Å². The number of furan rings is 1. The lowest BCUT2D eigenvalue weighted by atomic mass is 9.82. The number of hydrogen-bond donors (Lipinski definition) is 0. The molecule has 1 aromatic heterocycles. The molecule has 0 amide bonds. The third-order valence-electron chi connectivity index (χ3n) is 12.3. The fourth-order valence-corrected chi connectivity index (χ4v) is 9.57. The summed E-state index contributed by atoms with van der Waals surface area (Å²) >= 11 is 0. The van der Waals surface area contributed by atoms with Crippen LogP contribution >= 0.6 is 0 Å². The van der Waals surface area contributed by atoms with Crippen LogP contribution in [0.2, 0.25) is 0 Å². The van der Waals surface area contributed by atoms with Crippen LogP contribution in [0.4, 0.5) is 17.1 Å². The van der Waals surface area contributed by atoms with Crippen molar-refractivity contribution in [3.8, 4) is 55.6 Å². The highest BCUT2D eigenvalue weighted by Crippen LogP contribution is 2.55. The number of anilines is 3. The van der Waals surface area contributed by atoms with Gasteiger partial charge in [0.1, 0.15) is 11.2 Å². The van der Waals surface area contributed by atoms with E-state index in [1.54, 1.807) is 0 Å². The zero-order chi connectivity index (χ0) is 39.5. The minimum absolute atomic E-state index is 0.123. The molecule has 2 nitrogen and oxygen atoms in total. The lowest BCUT2D eigenvalue weighted by Gasteiger charge is -2.32. The highest BCUT2D eigenvalue weighted by Gasteiger charge is 2.37. The Hall–Kier alpha value is -7.42. The lowest BCUT2D eigenvalue weighted by molar-refractivity contribution is 0.660. The van der Waals surface area contributed by atoms with E-state index in [0.29, 0.717) is 0 Å². The van der Waals surface area contributed by atoms with Gasteiger partial charge in [-0.05, 0) is 92.0 Å². The van der Waals surface area contributed by atoms with E-state index in [9.17, 15) is 0 Å². The molecule has 0 atom stereocenters. The maximum Gasteiger partial charge on any atom is 0.135 e. The van der Waals surface area contributed by atoms with Gasteiger partial charge in [-0.2, -0.15) is 0 Å². The third kappa shape index (κ3) is 5.63. The van der Waals surface area contributed by atoms with E-state index >= 15 is 0 Å². The fourth-order valence-electron chi connectivity index (χ4n) is 9.57. The van der Waals surface area contributed by atoms with E-state index in [4.69, 9.17) is 4.42 Å². The Kier molecular flexibility index (Phi) is 8.20. The van der Waals surface area contributed by atoms with Crippen molar-refractivity contribution in [3.63, 3.8) is 0 Å². The molecule has 0 unspecified atom stereocenters. The monoisotopic (exact) mass is 755 g/mol. The standard InChI is InChI=1S/C57H41NO/c1-57(2)49-30-14-11-27-47(49)55-46(29-17-31-50(55)57)43-24-12-15-32-51(43)58(40-35-36-54-48(37-40)44-25-13-16-34-53(44)59-54)52-33-18-28-42(39-21-7-4-8-22-39)56(52)45-26-10-9-23-41(45)38-19-5-3-6-20-38/h3-37H,1-2H3. The number of benzene rings is 9. The third-order valence-corrected chi connectivity index (χ3v) is 12.3. The van der Waals surface area contributed by atoms with Crippen LogP contribution in [0.3, 0.4) is 0 Å². The first-order valence-corrected chi connectivity index (χ1v) is 20.4. The van der Waals surface area contributed by atoms with E-state index in [1.807, 2.05) is 6.07 Å². The van der Waals surface area contributed by atoms with Gasteiger partial charge in [0.05, 0.1) is 11.4 Å². The van der Waals surface area contributed by atoms with Gasteiger partial charge in [-0.1, -0.05) is 190 Å². The topological polar surface area (TPSA) is 16.4 Å². The molecular formula is C57H41NO. The molecule has 0 aliphatic heterocycles. The SMILES string of the molecule is CC1(C)c2ccccc2-c2c(-c3ccccc3N(c3ccc4oc5ccccc5c4c3)c3cccc(-c4ccccc4)c3-c3ccccc3-c3ccccc3)cccc21. The molecule has 10 aromatic rings. The zero-order valence-electron chi connectivity index (χ0n) is 33.1. The summed E-state index contributed by atoms with van der Waals surface area (Å²) in [6.07, 6.45) is 0. The second-order valence-electron chi connectivity index (χ2n) is 16.0. The van der Waals surface area contributed by atoms with E-state index in [1.165, 1.54) is 55.6 Å². The maximum atomic E-state index is 6.41. The highest BCUT2D eigenvalue weighted by atomic mass is 16.3. The van der Waals surface area contributed by atoms with Crippen molar-refractivity contribution in [2.24, 2.45) is 0 Å². The quantitative estimate of drug-likeness (QED) is 0.161. The predicted octanol–water partition coefficient (Wildman–Crippen LogP) is 16.0. The first-order valence-electron chi connectivity index (χ1n) is 20.4. The molecule has 2 heteroatoms. The summed E-state index contributed by atoms with van der Waals surface area (Å²) in [7, 11) is 0. The maximum absolute atomic E-state index is 6.41. The van der Waals surface area contributed by atoms with Crippen molar-refractivity contribution in [2.45, 2.75) is 19.3 Å². The molecule has 0 radical (unpaired) electrons. The van der Waals surface area contributed by atoms with Crippen molar-refractivity contribution in [3.05, 3.63) is 223 Å². The van der Waals surface area contributed by atoms with Gasteiger partial charge in [-0.25, -0.2) is 0 Å². The average molecular weight is 756 g/mol. The van der Waals surface area contributed by atoms with Crippen LogP contribution < -0.4 is 4.90 Å². The van der Waals surface area contributed by atoms with Crippen LogP contribution in [0.1, 0.15) is 25.0 Å².